The number of nitrogens with one attached hydrogen (secondary N) is 3. The molecule has 0 saturated carbocycles. The second-order valence-electron chi connectivity index (χ2n) is 5.41. The minimum Gasteiger partial charge on any atom is -0.334 e. The molecule has 3 amide bonds. The molecule has 0 fully saturated rings. The van der Waals surface area contributed by atoms with E-state index in [4.69, 9.17) is 0 Å². The number of aryl methyl sites for hydroxylation is 1. The van der Waals surface area contributed by atoms with E-state index in [1.807, 2.05) is 0 Å². The van der Waals surface area contributed by atoms with Crippen molar-refractivity contribution in [1.82, 2.24) is 5.32 Å². The van der Waals surface area contributed by atoms with Gasteiger partial charge in [-0.25, -0.2) is 4.79 Å². The molecule has 0 spiro atoms. The highest BCUT2D eigenvalue weighted by atomic mass is 16.6. The molecule has 0 aromatic heterocycles. The Balaban J connectivity index is 2.01. The fourth-order valence-corrected chi connectivity index (χ4v) is 2.18. The number of urea groups is 1. The molecule has 0 heterocycles. The van der Waals surface area contributed by atoms with Crippen LogP contribution in [0.3, 0.4) is 0 Å². The van der Waals surface area contributed by atoms with Crippen LogP contribution in [-0.4, -0.2) is 23.4 Å². The van der Waals surface area contributed by atoms with Gasteiger partial charge in [-0.05, 0) is 43.3 Å². The van der Waals surface area contributed by atoms with Crippen LogP contribution in [0.2, 0.25) is 0 Å². The zero-order valence-electron chi connectivity index (χ0n) is 14.1. The Morgan fingerprint density at radius 2 is 1.73 bits per heavy atom. The molecule has 0 saturated heterocycles. The normalized spacial score (nSPS) is 9.88. The van der Waals surface area contributed by atoms with Crippen LogP contribution in [0.15, 0.2) is 55.1 Å². The topological polar surface area (TPSA) is 113 Å². The van der Waals surface area contributed by atoms with E-state index in [0.29, 0.717) is 29.0 Å². The summed E-state index contributed by atoms with van der Waals surface area (Å²) in [6.07, 6.45) is 1.57. The second-order valence-corrected chi connectivity index (χ2v) is 5.41. The molecule has 8 nitrogen and oxygen atoms in total. The Labute approximate surface area is 150 Å². The molecule has 8 heteroatoms. The first-order valence-corrected chi connectivity index (χ1v) is 7.73. The quantitative estimate of drug-likeness (QED) is 0.419. The number of carbonyl (C=O) groups excluding carboxylic acids is 2. The summed E-state index contributed by atoms with van der Waals surface area (Å²) in [5.74, 6) is -0.382. The van der Waals surface area contributed by atoms with Gasteiger partial charge in [0.2, 0.25) is 0 Å². The lowest BCUT2D eigenvalue weighted by Crippen LogP contribution is -2.28. The summed E-state index contributed by atoms with van der Waals surface area (Å²) in [5.41, 5.74) is 1.79. The summed E-state index contributed by atoms with van der Waals surface area (Å²) in [4.78, 5) is 34.1. The van der Waals surface area contributed by atoms with Crippen molar-refractivity contribution in [2.24, 2.45) is 0 Å². The third-order valence-electron chi connectivity index (χ3n) is 3.46. The van der Waals surface area contributed by atoms with Gasteiger partial charge in [-0.3, -0.25) is 14.9 Å². The number of benzene rings is 2. The van der Waals surface area contributed by atoms with Gasteiger partial charge >= 0.3 is 6.03 Å². The molecule has 0 aliphatic carbocycles. The molecule has 0 atom stereocenters. The molecule has 0 unspecified atom stereocenters. The number of nitro groups is 1. The number of amides is 3. The smallest absolute Gasteiger partial charge is 0.319 e. The first-order chi connectivity index (χ1) is 12.4. The zero-order chi connectivity index (χ0) is 19.1. The maximum Gasteiger partial charge on any atom is 0.319 e. The summed E-state index contributed by atoms with van der Waals surface area (Å²) in [6, 6.07) is 10.4. The largest absolute Gasteiger partial charge is 0.334 e. The molecule has 3 N–H and O–H groups in total. The maximum atomic E-state index is 12.3. The van der Waals surface area contributed by atoms with Crippen molar-refractivity contribution in [1.29, 1.82) is 0 Å². The predicted molar refractivity (Wildman–Crippen MR) is 99.4 cm³/mol. The monoisotopic (exact) mass is 354 g/mol. The van der Waals surface area contributed by atoms with Gasteiger partial charge in [-0.1, -0.05) is 6.08 Å². The number of nitrogens with zero attached hydrogens (tertiary/aromatic N) is 1. The molecular formula is C18H18N4O4. The fourth-order valence-electron chi connectivity index (χ4n) is 2.18. The molecule has 0 aliphatic rings. The van der Waals surface area contributed by atoms with Gasteiger partial charge in [0, 0.05) is 35.1 Å². The maximum absolute atomic E-state index is 12.3. The van der Waals surface area contributed by atoms with Gasteiger partial charge in [0.25, 0.3) is 11.6 Å². The van der Waals surface area contributed by atoms with Crippen LogP contribution in [0.1, 0.15) is 15.9 Å². The molecule has 0 radical (unpaired) electrons. The Hall–Kier alpha value is -3.68. The van der Waals surface area contributed by atoms with Crippen molar-refractivity contribution in [3.8, 4) is 0 Å². The Bertz CT molecular complexity index is 847. The van der Waals surface area contributed by atoms with Gasteiger partial charge in [0.05, 0.1) is 4.92 Å². The molecule has 2 aromatic rings. The second kappa shape index (κ2) is 8.43. The Morgan fingerprint density at radius 3 is 2.27 bits per heavy atom. The van der Waals surface area contributed by atoms with E-state index < -0.39 is 4.92 Å². The van der Waals surface area contributed by atoms with E-state index in [1.165, 1.54) is 18.2 Å². The van der Waals surface area contributed by atoms with Crippen molar-refractivity contribution in [3.63, 3.8) is 0 Å². The molecule has 0 aliphatic heterocycles. The van der Waals surface area contributed by atoms with Crippen LogP contribution < -0.4 is 16.0 Å². The third kappa shape index (κ3) is 4.91. The molecular weight excluding hydrogens is 336 g/mol. The molecule has 0 bridgehead atoms. The lowest BCUT2D eigenvalue weighted by Gasteiger charge is -2.09. The van der Waals surface area contributed by atoms with Gasteiger partial charge < -0.3 is 16.0 Å². The lowest BCUT2D eigenvalue weighted by molar-refractivity contribution is -0.385. The summed E-state index contributed by atoms with van der Waals surface area (Å²) >= 11 is 0. The average molecular weight is 354 g/mol. The van der Waals surface area contributed by atoms with Gasteiger partial charge in [-0.2, -0.15) is 0 Å². The number of carbonyl (C=O) groups is 2. The van der Waals surface area contributed by atoms with Crippen molar-refractivity contribution >= 4 is 29.0 Å². The van der Waals surface area contributed by atoms with Crippen molar-refractivity contribution < 1.29 is 14.5 Å². The van der Waals surface area contributed by atoms with Gasteiger partial charge in [0.15, 0.2) is 0 Å². The van der Waals surface area contributed by atoms with Crippen molar-refractivity contribution in [2.75, 3.05) is 17.2 Å². The van der Waals surface area contributed by atoms with Crippen LogP contribution in [0.25, 0.3) is 0 Å². The van der Waals surface area contributed by atoms with Gasteiger partial charge in [-0.15, -0.1) is 6.58 Å². The number of hydrogen-bond donors (Lipinski definition) is 3. The zero-order valence-corrected chi connectivity index (χ0v) is 14.1. The first-order valence-electron chi connectivity index (χ1n) is 7.73. The molecule has 26 heavy (non-hydrogen) atoms. The summed E-state index contributed by atoms with van der Waals surface area (Å²) < 4.78 is 0. The standard InChI is InChI=1S/C18H18N4O4/c1-3-10-19-18(24)21-15-7-5-14(6-8-15)20-17(23)13-4-9-16(22(25)26)12(2)11-13/h3-9,11H,1,10H2,2H3,(H,20,23)(H2,19,21,24). The highest BCUT2D eigenvalue weighted by Gasteiger charge is 2.14. The fraction of sp³-hybridized carbons (Fsp3) is 0.111. The average Bonchev–Trinajstić information content (AvgIpc) is 2.61. The van der Waals surface area contributed by atoms with Crippen LogP contribution >= 0.6 is 0 Å². The van der Waals surface area contributed by atoms with Crippen LogP contribution in [0.5, 0.6) is 0 Å². The SMILES string of the molecule is C=CCNC(=O)Nc1ccc(NC(=O)c2ccc([N+](=O)[O-])c(C)c2)cc1. The van der Waals surface area contributed by atoms with Crippen LogP contribution in [0, 0.1) is 17.0 Å². The van der Waals surface area contributed by atoms with Crippen LogP contribution in [-0.2, 0) is 0 Å². The lowest BCUT2D eigenvalue weighted by atomic mass is 10.1. The number of anilines is 2. The highest BCUT2D eigenvalue weighted by Crippen LogP contribution is 2.20. The number of nitro benzene ring substituents is 1. The minimum absolute atomic E-state index is 0.0355. The van der Waals surface area contributed by atoms with E-state index in [9.17, 15) is 19.7 Å². The summed E-state index contributed by atoms with van der Waals surface area (Å²) in [6.45, 7) is 5.44. The summed E-state index contributed by atoms with van der Waals surface area (Å²) in [7, 11) is 0. The number of hydrogen-bond acceptors (Lipinski definition) is 4. The summed E-state index contributed by atoms with van der Waals surface area (Å²) in [5, 5.41) is 18.7. The molecule has 2 aromatic carbocycles. The van der Waals surface area contributed by atoms with E-state index in [-0.39, 0.29) is 17.6 Å². The van der Waals surface area contributed by atoms with E-state index >= 15 is 0 Å². The van der Waals surface area contributed by atoms with E-state index in [1.54, 1.807) is 37.3 Å². The highest BCUT2D eigenvalue weighted by molar-refractivity contribution is 6.04. The van der Waals surface area contributed by atoms with Crippen molar-refractivity contribution in [3.05, 3.63) is 76.4 Å². The van der Waals surface area contributed by atoms with Crippen molar-refractivity contribution in [2.45, 2.75) is 6.92 Å². The Morgan fingerprint density at radius 1 is 1.12 bits per heavy atom. The van der Waals surface area contributed by atoms with E-state index in [2.05, 4.69) is 22.5 Å². The Kier molecular flexibility index (Phi) is 6.05. The number of rotatable bonds is 6. The van der Waals surface area contributed by atoms with Crippen LogP contribution in [0.4, 0.5) is 21.9 Å². The molecule has 2 rings (SSSR count). The molecule has 134 valence electrons. The first kappa shape index (κ1) is 18.7. The predicted octanol–water partition coefficient (Wildman–Crippen LogP) is 3.46. The van der Waals surface area contributed by atoms with E-state index in [0.717, 1.165) is 0 Å². The van der Waals surface area contributed by atoms with Gasteiger partial charge in [0.1, 0.15) is 0 Å². The minimum atomic E-state index is -0.492. The third-order valence-corrected chi connectivity index (χ3v) is 3.46.